The highest BCUT2D eigenvalue weighted by Crippen LogP contribution is 2.27. The summed E-state index contributed by atoms with van der Waals surface area (Å²) in [4.78, 5) is 13.3. The van der Waals surface area contributed by atoms with Gasteiger partial charge in [0.25, 0.3) is 0 Å². The predicted molar refractivity (Wildman–Crippen MR) is 113 cm³/mol. The fraction of sp³-hybridized carbons (Fsp3) is 0.318. The van der Waals surface area contributed by atoms with Gasteiger partial charge in [0.05, 0.1) is 7.11 Å². The first kappa shape index (κ1) is 19.5. The Morgan fingerprint density at radius 2 is 1.90 bits per heavy atom. The summed E-state index contributed by atoms with van der Waals surface area (Å²) in [6.45, 7) is 0. The maximum Gasteiger partial charge on any atom is 0.322 e. The van der Waals surface area contributed by atoms with E-state index >= 15 is 0 Å². The van der Waals surface area contributed by atoms with Crippen LogP contribution in [0.5, 0.6) is 5.75 Å². The van der Waals surface area contributed by atoms with E-state index in [-0.39, 0.29) is 11.9 Å². The van der Waals surface area contributed by atoms with Gasteiger partial charge in [0.2, 0.25) is 11.8 Å². The number of amides is 1. The van der Waals surface area contributed by atoms with Gasteiger partial charge in [-0.15, -0.1) is 16.9 Å². The number of fused-ring (bicyclic) bond motifs is 1. The summed E-state index contributed by atoms with van der Waals surface area (Å²) in [7, 11) is 1.64. The van der Waals surface area contributed by atoms with Crippen molar-refractivity contribution in [1.29, 1.82) is 0 Å². The standard InChI is InChI=1S/C22H23N3O3S/c1-27-18-8-10-19(11-9-18)29-13-12-20(26)23-22-25-24-21(28-22)17-7-6-15-4-2-3-5-16(15)14-17/h6-11,14H,2-5,12-13H2,1H3,(H,23,25,26). The normalized spacial score (nSPS) is 13.0. The molecule has 1 aliphatic carbocycles. The second-order valence-corrected chi connectivity index (χ2v) is 8.09. The molecule has 0 radical (unpaired) electrons. The van der Waals surface area contributed by atoms with Crippen molar-refractivity contribution in [3.05, 3.63) is 53.6 Å². The fourth-order valence-corrected chi connectivity index (χ4v) is 4.22. The Morgan fingerprint density at radius 1 is 1.10 bits per heavy atom. The molecule has 3 aromatic rings. The Labute approximate surface area is 174 Å². The summed E-state index contributed by atoms with van der Waals surface area (Å²) in [6, 6.07) is 14.2. The zero-order valence-electron chi connectivity index (χ0n) is 16.3. The van der Waals surface area contributed by atoms with Crippen molar-refractivity contribution in [2.75, 3.05) is 18.2 Å². The second-order valence-electron chi connectivity index (χ2n) is 6.93. The lowest BCUT2D eigenvalue weighted by molar-refractivity contribution is -0.115. The van der Waals surface area contributed by atoms with Gasteiger partial charge in [0.15, 0.2) is 0 Å². The number of benzene rings is 2. The Kier molecular flexibility index (Phi) is 6.14. The zero-order valence-corrected chi connectivity index (χ0v) is 17.1. The molecular weight excluding hydrogens is 386 g/mol. The van der Waals surface area contributed by atoms with E-state index in [4.69, 9.17) is 9.15 Å². The van der Waals surface area contributed by atoms with E-state index in [1.54, 1.807) is 18.9 Å². The van der Waals surface area contributed by atoms with Gasteiger partial charge in [-0.1, -0.05) is 11.2 Å². The van der Waals surface area contributed by atoms with Gasteiger partial charge in [-0.2, -0.15) is 0 Å². The van der Waals surface area contributed by atoms with Crippen LogP contribution in [-0.2, 0) is 17.6 Å². The first-order valence-corrected chi connectivity index (χ1v) is 10.7. The Morgan fingerprint density at radius 3 is 2.69 bits per heavy atom. The van der Waals surface area contributed by atoms with Crippen LogP contribution in [0.1, 0.15) is 30.4 Å². The maximum atomic E-state index is 12.2. The quantitative estimate of drug-likeness (QED) is 0.568. The van der Waals surface area contributed by atoms with Gasteiger partial charge in [0.1, 0.15) is 5.75 Å². The van der Waals surface area contributed by atoms with Gasteiger partial charge in [-0.25, -0.2) is 0 Å². The van der Waals surface area contributed by atoms with Crippen LogP contribution >= 0.6 is 11.8 Å². The molecule has 29 heavy (non-hydrogen) atoms. The lowest BCUT2D eigenvalue weighted by Crippen LogP contribution is -2.12. The number of nitrogens with zero attached hydrogens (tertiary/aromatic N) is 2. The second kappa shape index (κ2) is 9.13. The molecule has 0 unspecified atom stereocenters. The molecule has 6 nitrogen and oxygen atoms in total. The molecule has 1 aliphatic rings. The Bertz CT molecular complexity index is 985. The average Bonchev–Trinajstić information content (AvgIpc) is 3.22. The lowest BCUT2D eigenvalue weighted by Gasteiger charge is -2.15. The third-order valence-corrected chi connectivity index (χ3v) is 5.94. The minimum absolute atomic E-state index is 0.136. The van der Waals surface area contributed by atoms with Crippen LogP contribution in [0.25, 0.3) is 11.5 Å². The van der Waals surface area contributed by atoms with E-state index in [9.17, 15) is 4.79 Å². The molecular formula is C22H23N3O3S. The molecule has 1 aromatic heterocycles. The average molecular weight is 410 g/mol. The van der Waals surface area contributed by atoms with Gasteiger partial charge in [-0.3, -0.25) is 10.1 Å². The smallest absolute Gasteiger partial charge is 0.322 e. The molecule has 0 atom stereocenters. The fourth-order valence-electron chi connectivity index (χ4n) is 3.37. The van der Waals surface area contributed by atoms with E-state index in [2.05, 4.69) is 27.6 Å². The van der Waals surface area contributed by atoms with Crippen LogP contribution in [0.3, 0.4) is 0 Å². The van der Waals surface area contributed by atoms with Crippen LogP contribution in [0.4, 0.5) is 6.01 Å². The van der Waals surface area contributed by atoms with E-state index < -0.39 is 0 Å². The van der Waals surface area contributed by atoms with Crippen molar-refractivity contribution >= 4 is 23.7 Å². The van der Waals surface area contributed by atoms with E-state index in [1.807, 2.05) is 30.3 Å². The number of thioether (sulfide) groups is 1. The number of anilines is 1. The van der Waals surface area contributed by atoms with E-state index in [1.165, 1.54) is 24.0 Å². The van der Waals surface area contributed by atoms with Crippen LogP contribution in [0.2, 0.25) is 0 Å². The summed E-state index contributed by atoms with van der Waals surface area (Å²) >= 11 is 1.61. The van der Waals surface area contributed by atoms with Crippen molar-refractivity contribution < 1.29 is 13.9 Å². The summed E-state index contributed by atoms with van der Waals surface area (Å²) in [5.41, 5.74) is 3.66. The molecule has 1 amide bonds. The molecule has 2 aromatic carbocycles. The number of nitrogens with one attached hydrogen (secondary N) is 1. The lowest BCUT2D eigenvalue weighted by atomic mass is 9.90. The number of hydrogen-bond acceptors (Lipinski definition) is 6. The molecule has 4 rings (SSSR count). The van der Waals surface area contributed by atoms with Gasteiger partial charge in [-0.05, 0) is 73.2 Å². The van der Waals surface area contributed by atoms with Crippen LogP contribution < -0.4 is 10.1 Å². The Balaban J connectivity index is 1.30. The molecule has 0 saturated heterocycles. The van der Waals surface area contributed by atoms with E-state index in [0.717, 1.165) is 29.1 Å². The summed E-state index contributed by atoms with van der Waals surface area (Å²) < 4.78 is 10.8. The highest BCUT2D eigenvalue weighted by Gasteiger charge is 2.15. The van der Waals surface area contributed by atoms with E-state index in [0.29, 0.717) is 18.1 Å². The summed E-state index contributed by atoms with van der Waals surface area (Å²) in [5, 5.41) is 10.7. The molecule has 1 N–H and O–H groups in total. The summed E-state index contributed by atoms with van der Waals surface area (Å²) in [6.07, 6.45) is 5.05. The monoisotopic (exact) mass is 409 g/mol. The van der Waals surface area contributed by atoms with Crippen molar-refractivity contribution in [2.45, 2.75) is 37.0 Å². The molecule has 0 saturated carbocycles. The molecule has 7 heteroatoms. The molecule has 0 fully saturated rings. The van der Waals surface area contributed by atoms with Crippen LogP contribution in [0.15, 0.2) is 51.8 Å². The predicted octanol–water partition coefficient (Wildman–Crippen LogP) is 4.74. The van der Waals surface area contributed by atoms with Crippen molar-refractivity contribution in [1.82, 2.24) is 10.2 Å². The SMILES string of the molecule is COc1ccc(SCCC(=O)Nc2nnc(-c3ccc4c(c3)CCCC4)o2)cc1. The topological polar surface area (TPSA) is 77.2 Å². The third kappa shape index (κ3) is 4.98. The molecule has 0 aliphatic heterocycles. The molecule has 0 bridgehead atoms. The van der Waals surface area contributed by atoms with Crippen molar-refractivity contribution in [3.8, 4) is 17.2 Å². The minimum atomic E-state index is -0.147. The van der Waals surface area contributed by atoms with Crippen LogP contribution in [-0.4, -0.2) is 29.0 Å². The number of carbonyl (C=O) groups excluding carboxylic acids is 1. The Hall–Kier alpha value is -2.80. The number of ether oxygens (including phenoxy) is 1. The molecule has 1 heterocycles. The van der Waals surface area contributed by atoms with Crippen LogP contribution in [0, 0.1) is 0 Å². The number of aromatic nitrogens is 2. The third-order valence-electron chi connectivity index (χ3n) is 4.92. The van der Waals surface area contributed by atoms with Gasteiger partial charge < -0.3 is 9.15 Å². The van der Waals surface area contributed by atoms with Crippen molar-refractivity contribution in [3.63, 3.8) is 0 Å². The minimum Gasteiger partial charge on any atom is -0.497 e. The summed E-state index contributed by atoms with van der Waals surface area (Å²) in [5.74, 6) is 1.76. The van der Waals surface area contributed by atoms with Gasteiger partial charge >= 0.3 is 6.01 Å². The zero-order chi connectivity index (χ0) is 20.1. The van der Waals surface area contributed by atoms with Crippen molar-refractivity contribution in [2.24, 2.45) is 0 Å². The highest BCUT2D eigenvalue weighted by atomic mass is 32.2. The highest BCUT2D eigenvalue weighted by molar-refractivity contribution is 7.99. The number of aryl methyl sites for hydroxylation is 2. The maximum absolute atomic E-state index is 12.2. The first-order chi connectivity index (χ1) is 14.2. The largest absolute Gasteiger partial charge is 0.497 e. The first-order valence-electron chi connectivity index (χ1n) is 9.73. The molecule has 150 valence electrons. The number of hydrogen-bond donors (Lipinski definition) is 1. The number of methoxy groups -OCH3 is 1. The molecule has 0 spiro atoms. The number of carbonyl (C=O) groups is 1. The van der Waals surface area contributed by atoms with Gasteiger partial charge in [0, 0.05) is 22.6 Å². The number of rotatable bonds is 7.